The van der Waals surface area contributed by atoms with E-state index in [2.05, 4.69) is 5.32 Å². The molecule has 0 aromatic rings. The van der Waals surface area contributed by atoms with Gasteiger partial charge in [0.1, 0.15) is 0 Å². The van der Waals surface area contributed by atoms with Crippen LogP contribution in [0, 0.1) is 17.3 Å². The normalized spacial score (nSPS) is 37.2. The van der Waals surface area contributed by atoms with Crippen LogP contribution < -0.4 is 5.32 Å². The van der Waals surface area contributed by atoms with Crippen molar-refractivity contribution < 1.29 is 9.59 Å². The van der Waals surface area contributed by atoms with Crippen LogP contribution in [0.15, 0.2) is 0 Å². The minimum atomic E-state index is -0.0718. The Morgan fingerprint density at radius 3 is 2.50 bits per heavy atom. The predicted molar refractivity (Wildman–Crippen MR) is 67.7 cm³/mol. The molecule has 4 nitrogen and oxygen atoms in total. The van der Waals surface area contributed by atoms with Gasteiger partial charge in [-0.1, -0.05) is 13.8 Å². The molecule has 0 bridgehead atoms. The molecule has 3 atom stereocenters. The molecule has 3 fully saturated rings. The van der Waals surface area contributed by atoms with E-state index >= 15 is 0 Å². The lowest BCUT2D eigenvalue weighted by Crippen LogP contribution is -2.37. The number of amides is 2. The number of piperidine rings is 1. The molecule has 0 aromatic carbocycles. The van der Waals surface area contributed by atoms with Crippen molar-refractivity contribution in [2.24, 2.45) is 17.3 Å². The van der Waals surface area contributed by atoms with Crippen LogP contribution in [-0.4, -0.2) is 35.8 Å². The topological polar surface area (TPSA) is 49.4 Å². The van der Waals surface area contributed by atoms with Crippen LogP contribution in [0.3, 0.4) is 0 Å². The molecule has 2 aliphatic heterocycles. The molecule has 0 aromatic heterocycles. The van der Waals surface area contributed by atoms with Crippen molar-refractivity contribution in [3.05, 3.63) is 0 Å². The lowest BCUT2D eigenvalue weighted by molar-refractivity contribution is -0.143. The molecule has 2 amide bonds. The number of nitrogens with zero attached hydrogens (tertiary/aromatic N) is 1. The quantitative estimate of drug-likeness (QED) is 0.762. The monoisotopic (exact) mass is 250 g/mol. The van der Waals surface area contributed by atoms with Gasteiger partial charge in [0.05, 0.1) is 11.8 Å². The summed E-state index contributed by atoms with van der Waals surface area (Å²) in [6, 6.07) is 0.601. The highest BCUT2D eigenvalue weighted by Gasteiger charge is 2.72. The second-order valence-corrected chi connectivity index (χ2v) is 6.54. The van der Waals surface area contributed by atoms with Crippen LogP contribution in [0.4, 0.5) is 0 Å². The van der Waals surface area contributed by atoms with Crippen molar-refractivity contribution in [3.63, 3.8) is 0 Å². The van der Waals surface area contributed by atoms with Crippen molar-refractivity contribution in [1.29, 1.82) is 0 Å². The maximum Gasteiger partial charge on any atom is 0.233 e. The molecule has 3 unspecified atom stereocenters. The zero-order chi connectivity index (χ0) is 12.9. The van der Waals surface area contributed by atoms with Crippen molar-refractivity contribution in [2.75, 3.05) is 13.1 Å². The molecule has 0 radical (unpaired) electrons. The summed E-state index contributed by atoms with van der Waals surface area (Å²) in [5.74, 6) is 0.118. The van der Waals surface area contributed by atoms with Gasteiger partial charge < -0.3 is 5.32 Å². The van der Waals surface area contributed by atoms with Gasteiger partial charge in [0.25, 0.3) is 0 Å². The van der Waals surface area contributed by atoms with Gasteiger partial charge >= 0.3 is 0 Å². The van der Waals surface area contributed by atoms with E-state index in [1.807, 2.05) is 13.8 Å². The maximum absolute atomic E-state index is 12.1. The molecule has 18 heavy (non-hydrogen) atoms. The number of carbonyl (C=O) groups is 2. The van der Waals surface area contributed by atoms with E-state index in [9.17, 15) is 9.59 Å². The number of fused-ring (bicyclic) bond motifs is 1. The number of rotatable bonds is 4. The lowest BCUT2D eigenvalue weighted by Gasteiger charge is -2.21. The first-order valence-corrected chi connectivity index (χ1v) is 7.12. The van der Waals surface area contributed by atoms with Crippen LogP contribution in [0.25, 0.3) is 0 Å². The van der Waals surface area contributed by atoms with Crippen LogP contribution in [0.2, 0.25) is 0 Å². The first-order chi connectivity index (χ1) is 8.53. The summed E-state index contributed by atoms with van der Waals surface area (Å²) < 4.78 is 0. The molecule has 1 saturated carbocycles. The number of carbonyl (C=O) groups excluding carboxylic acids is 2. The zero-order valence-corrected chi connectivity index (χ0v) is 11.2. The summed E-state index contributed by atoms with van der Waals surface area (Å²) in [5.41, 5.74) is -0.0718. The molecular formula is C14H22N2O2. The van der Waals surface area contributed by atoms with E-state index in [0.717, 1.165) is 19.4 Å². The molecule has 3 rings (SSSR count). The largest absolute Gasteiger partial charge is 0.314 e. The number of imide groups is 1. The van der Waals surface area contributed by atoms with E-state index in [4.69, 9.17) is 0 Å². The molecule has 3 aliphatic rings. The maximum atomic E-state index is 12.1. The van der Waals surface area contributed by atoms with Crippen LogP contribution >= 0.6 is 0 Å². The Kier molecular flexibility index (Phi) is 2.73. The van der Waals surface area contributed by atoms with Crippen LogP contribution in [-0.2, 0) is 9.59 Å². The third kappa shape index (κ3) is 1.69. The number of likely N-dealkylation sites (tertiary alicyclic amines) is 1. The third-order valence-electron chi connectivity index (χ3n) is 4.99. The second-order valence-electron chi connectivity index (χ2n) is 6.54. The zero-order valence-electron chi connectivity index (χ0n) is 11.2. The van der Waals surface area contributed by atoms with E-state index in [0.29, 0.717) is 12.6 Å². The van der Waals surface area contributed by atoms with Gasteiger partial charge in [-0.25, -0.2) is 0 Å². The van der Waals surface area contributed by atoms with E-state index in [1.54, 1.807) is 0 Å². The molecular weight excluding hydrogens is 228 g/mol. The molecule has 1 N–H and O–H groups in total. The van der Waals surface area contributed by atoms with Gasteiger partial charge in [-0.3, -0.25) is 14.5 Å². The van der Waals surface area contributed by atoms with E-state index in [-0.39, 0.29) is 29.1 Å². The second kappa shape index (κ2) is 4.05. The van der Waals surface area contributed by atoms with Gasteiger partial charge in [0, 0.05) is 12.6 Å². The van der Waals surface area contributed by atoms with Crippen LogP contribution in [0.5, 0.6) is 0 Å². The third-order valence-corrected chi connectivity index (χ3v) is 4.99. The summed E-state index contributed by atoms with van der Waals surface area (Å²) in [5, 5.41) is 3.45. The average molecular weight is 250 g/mol. The average Bonchev–Trinajstić information content (AvgIpc) is 2.71. The Hall–Kier alpha value is -0.900. The smallest absolute Gasteiger partial charge is 0.233 e. The Morgan fingerprint density at radius 1 is 1.28 bits per heavy atom. The fraction of sp³-hybridized carbons (Fsp3) is 0.857. The summed E-state index contributed by atoms with van der Waals surface area (Å²) in [6.07, 6.45) is 4.51. The summed E-state index contributed by atoms with van der Waals surface area (Å²) in [7, 11) is 0. The fourth-order valence-corrected chi connectivity index (χ4v) is 3.72. The minimum Gasteiger partial charge on any atom is -0.314 e. The molecule has 2 heterocycles. The SMILES string of the molecule is CC1(C)C2C(=O)N(CCCC3CCCN3)C(=O)C21. The highest BCUT2D eigenvalue weighted by atomic mass is 16.2. The van der Waals surface area contributed by atoms with Gasteiger partial charge in [0.2, 0.25) is 11.8 Å². The first-order valence-electron chi connectivity index (χ1n) is 7.12. The Bertz CT molecular complexity index is 361. The van der Waals surface area contributed by atoms with Crippen molar-refractivity contribution >= 4 is 11.8 Å². The Morgan fingerprint density at radius 2 is 1.94 bits per heavy atom. The van der Waals surface area contributed by atoms with E-state index < -0.39 is 0 Å². The standard InChI is InChI=1S/C14H22N2O2/c1-14(2)10-11(14)13(18)16(12(10)17)8-4-6-9-5-3-7-15-9/h9-11,15H,3-8H2,1-2H3. The molecule has 100 valence electrons. The minimum absolute atomic E-state index is 0.0189. The Balaban J connectivity index is 1.50. The van der Waals surface area contributed by atoms with Crippen molar-refractivity contribution in [3.8, 4) is 0 Å². The van der Waals surface area contributed by atoms with Gasteiger partial charge in [-0.2, -0.15) is 0 Å². The highest BCUT2D eigenvalue weighted by Crippen LogP contribution is 2.63. The molecule has 4 heteroatoms. The highest BCUT2D eigenvalue weighted by molar-refractivity contribution is 6.10. The van der Waals surface area contributed by atoms with E-state index in [1.165, 1.54) is 17.7 Å². The summed E-state index contributed by atoms with van der Waals surface area (Å²) in [6.45, 7) is 5.79. The lowest BCUT2D eigenvalue weighted by atomic mass is 10.0. The number of hydrogen-bond donors (Lipinski definition) is 1. The first kappa shape index (κ1) is 12.2. The molecule has 0 spiro atoms. The summed E-state index contributed by atoms with van der Waals surface area (Å²) in [4.78, 5) is 25.7. The van der Waals surface area contributed by atoms with Crippen molar-refractivity contribution in [1.82, 2.24) is 10.2 Å². The number of nitrogens with one attached hydrogen (secondary N) is 1. The van der Waals surface area contributed by atoms with Gasteiger partial charge in [-0.15, -0.1) is 0 Å². The predicted octanol–water partition coefficient (Wildman–Crippen LogP) is 1.16. The van der Waals surface area contributed by atoms with Gasteiger partial charge in [-0.05, 0) is 37.6 Å². The number of hydrogen-bond acceptors (Lipinski definition) is 3. The molecule has 2 saturated heterocycles. The van der Waals surface area contributed by atoms with Gasteiger partial charge in [0.15, 0.2) is 0 Å². The summed E-state index contributed by atoms with van der Waals surface area (Å²) >= 11 is 0. The fourth-order valence-electron chi connectivity index (χ4n) is 3.72. The molecule has 1 aliphatic carbocycles. The van der Waals surface area contributed by atoms with Crippen molar-refractivity contribution in [2.45, 2.75) is 45.6 Å². The Labute approximate surface area is 108 Å². The van der Waals surface area contributed by atoms with Crippen LogP contribution in [0.1, 0.15) is 39.5 Å².